The molecule has 0 saturated heterocycles. The van der Waals surface area contributed by atoms with Crippen molar-refractivity contribution in [2.45, 2.75) is 12.3 Å². The average molecular weight is 256 g/mol. The number of halogens is 1. The Bertz CT molecular complexity index is 327. The van der Waals surface area contributed by atoms with Crippen molar-refractivity contribution in [2.24, 2.45) is 0 Å². The molecule has 3 heteroatoms. The Kier molecular flexibility index (Phi) is 3.08. The maximum atomic E-state index is 5.66. The van der Waals surface area contributed by atoms with Crippen LogP contribution in [0.3, 0.4) is 0 Å². The summed E-state index contributed by atoms with van der Waals surface area (Å²) in [6, 6.07) is 6.25. The maximum Gasteiger partial charge on any atom is 0.136 e. The Hall–Kier alpha value is -0.540. The number of ether oxygens (including phenoxy) is 1. The summed E-state index contributed by atoms with van der Waals surface area (Å²) in [4.78, 5) is 0. The zero-order valence-electron chi connectivity index (χ0n) is 8.22. The monoisotopic (exact) mass is 255 g/mol. The van der Waals surface area contributed by atoms with Crippen LogP contribution in [0.5, 0.6) is 5.75 Å². The van der Waals surface area contributed by atoms with Crippen LogP contribution in [0.25, 0.3) is 0 Å². The lowest BCUT2D eigenvalue weighted by Gasteiger charge is -2.26. The van der Waals surface area contributed by atoms with E-state index in [1.165, 1.54) is 5.56 Å². The highest BCUT2D eigenvalue weighted by Crippen LogP contribution is 2.38. The molecule has 1 aromatic carbocycles. The summed E-state index contributed by atoms with van der Waals surface area (Å²) in [7, 11) is 1.99. The van der Waals surface area contributed by atoms with Gasteiger partial charge in [0, 0.05) is 12.5 Å². The largest absolute Gasteiger partial charge is 0.492 e. The molecule has 1 N–H and O–H groups in total. The Labute approximate surface area is 92.8 Å². The molecule has 0 amide bonds. The molecule has 14 heavy (non-hydrogen) atoms. The highest BCUT2D eigenvalue weighted by Gasteiger charge is 2.21. The molecule has 0 radical (unpaired) electrons. The molecule has 0 saturated carbocycles. The van der Waals surface area contributed by atoms with E-state index in [2.05, 4.69) is 33.4 Å². The Morgan fingerprint density at radius 2 is 2.43 bits per heavy atom. The summed E-state index contributed by atoms with van der Waals surface area (Å²) in [6.07, 6.45) is 1.10. The van der Waals surface area contributed by atoms with Crippen LogP contribution in [-0.2, 0) is 0 Å². The van der Waals surface area contributed by atoms with Crippen molar-refractivity contribution in [3.63, 3.8) is 0 Å². The van der Waals surface area contributed by atoms with Crippen LogP contribution in [-0.4, -0.2) is 20.2 Å². The van der Waals surface area contributed by atoms with Gasteiger partial charge in [-0.05, 0) is 41.0 Å². The van der Waals surface area contributed by atoms with E-state index in [0.29, 0.717) is 5.92 Å². The molecule has 76 valence electrons. The van der Waals surface area contributed by atoms with Crippen molar-refractivity contribution in [2.75, 3.05) is 20.2 Å². The molecular formula is C11H14BrNO. The average Bonchev–Trinajstić information content (AvgIpc) is 2.20. The fourth-order valence-corrected chi connectivity index (χ4v) is 2.41. The molecule has 0 spiro atoms. The molecule has 1 aliphatic heterocycles. The molecule has 2 nitrogen and oxygen atoms in total. The summed E-state index contributed by atoms with van der Waals surface area (Å²) in [5, 5.41) is 3.23. The van der Waals surface area contributed by atoms with Gasteiger partial charge in [0.2, 0.25) is 0 Å². The number of rotatable bonds is 2. The van der Waals surface area contributed by atoms with E-state index < -0.39 is 0 Å². The molecule has 2 rings (SSSR count). The van der Waals surface area contributed by atoms with Crippen molar-refractivity contribution < 1.29 is 4.74 Å². The number of para-hydroxylation sites is 1. The van der Waals surface area contributed by atoms with Crippen molar-refractivity contribution in [1.82, 2.24) is 5.32 Å². The zero-order valence-corrected chi connectivity index (χ0v) is 9.80. The van der Waals surface area contributed by atoms with E-state index >= 15 is 0 Å². The highest BCUT2D eigenvalue weighted by molar-refractivity contribution is 9.10. The molecule has 1 heterocycles. The van der Waals surface area contributed by atoms with Gasteiger partial charge in [0.25, 0.3) is 0 Å². The lowest BCUT2D eigenvalue weighted by molar-refractivity contribution is 0.264. The predicted octanol–water partition coefficient (Wildman–Crippen LogP) is 2.53. The first kappa shape index (κ1) is 9.99. The fraction of sp³-hybridized carbons (Fsp3) is 0.455. The molecule has 1 atom stereocenters. The van der Waals surface area contributed by atoms with Gasteiger partial charge < -0.3 is 10.1 Å². The van der Waals surface area contributed by atoms with Crippen molar-refractivity contribution in [3.05, 3.63) is 28.2 Å². The minimum absolute atomic E-state index is 0.584. The van der Waals surface area contributed by atoms with Crippen LogP contribution in [0, 0.1) is 0 Å². The lowest BCUT2D eigenvalue weighted by Crippen LogP contribution is -2.23. The van der Waals surface area contributed by atoms with Gasteiger partial charge >= 0.3 is 0 Å². The van der Waals surface area contributed by atoms with Crippen LogP contribution in [0.2, 0.25) is 0 Å². The van der Waals surface area contributed by atoms with Crippen molar-refractivity contribution in [1.29, 1.82) is 0 Å². The van der Waals surface area contributed by atoms with E-state index in [1.54, 1.807) is 0 Å². The zero-order chi connectivity index (χ0) is 9.97. The predicted molar refractivity (Wildman–Crippen MR) is 60.9 cm³/mol. The first-order valence-electron chi connectivity index (χ1n) is 4.88. The lowest BCUT2D eigenvalue weighted by atomic mass is 9.93. The topological polar surface area (TPSA) is 21.3 Å². The minimum Gasteiger partial charge on any atom is -0.492 e. The van der Waals surface area contributed by atoms with Gasteiger partial charge in [0.15, 0.2) is 0 Å². The minimum atomic E-state index is 0.584. The molecule has 1 aromatic rings. The van der Waals surface area contributed by atoms with Gasteiger partial charge in [-0.2, -0.15) is 0 Å². The molecular weight excluding hydrogens is 242 g/mol. The van der Waals surface area contributed by atoms with E-state index in [1.807, 2.05) is 13.1 Å². The van der Waals surface area contributed by atoms with Crippen LogP contribution in [0.15, 0.2) is 22.7 Å². The van der Waals surface area contributed by atoms with Crippen molar-refractivity contribution in [3.8, 4) is 5.75 Å². The van der Waals surface area contributed by atoms with E-state index in [0.717, 1.165) is 29.8 Å². The van der Waals surface area contributed by atoms with Gasteiger partial charge in [-0.15, -0.1) is 0 Å². The normalized spacial score (nSPS) is 20.0. The van der Waals surface area contributed by atoms with E-state index in [4.69, 9.17) is 4.74 Å². The molecule has 1 unspecified atom stereocenters. The number of hydrogen-bond donors (Lipinski definition) is 1. The van der Waals surface area contributed by atoms with Crippen LogP contribution < -0.4 is 10.1 Å². The third-order valence-corrected chi connectivity index (χ3v) is 3.22. The highest BCUT2D eigenvalue weighted by atomic mass is 79.9. The number of likely N-dealkylation sites (N-methyl/N-ethyl adjacent to an activating group) is 1. The van der Waals surface area contributed by atoms with Gasteiger partial charge in [-0.3, -0.25) is 0 Å². The number of hydrogen-bond acceptors (Lipinski definition) is 2. The quantitative estimate of drug-likeness (QED) is 0.877. The summed E-state index contributed by atoms with van der Waals surface area (Å²) >= 11 is 3.52. The Morgan fingerprint density at radius 3 is 3.21 bits per heavy atom. The van der Waals surface area contributed by atoms with Crippen LogP contribution in [0.1, 0.15) is 17.9 Å². The summed E-state index contributed by atoms with van der Waals surface area (Å²) in [5.41, 5.74) is 1.32. The molecule has 0 fully saturated rings. The third kappa shape index (κ3) is 1.79. The third-order valence-electron chi connectivity index (χ3n) is 2.60. The molecule has 0 aliphatic carbocycles. The van der Waals surface area contributed by atoms with Crippen LogP contribution in [0.4, 0.5) is 0 Å². The standard InChI is InChI=1S/C11H14BrNO/c1-13-7-8-5-6-14-11-9(8)3-2-4-10(11)12/h2-4,8,13H,5-7H2,1H3. The first-order chi connectivity index (χ1) is 6.83. The van der Waals surface area contributed by atoms with Gasteiger partial charge in [0.1, 0.15) is 5.75 Å². The second-order valence-electron chi connectivity index (χ2n) is 3.55. The van der Waals surface area contributed by atoms with Gasteiger partial charge in [-0.25, -0.2) is 0 Å². The SMILES string of the molecule is CNCC1CCOc2c(Br)cccc21. The summed E-state index contributed by atoms with van der Waals surface area (Å²) in [5.74, 6) is 1.61. The van der Waals surface area contributed by atoms with Gasteiger partial charge in [-0.1, -0.05) is 12.1 Å². The second kappa shape index (κ2) is 4.32. The van der Waals surface area contributed by atoms with Gasteiger partial charge in [0.05, 0.1) is 11.1 Å². The van der Waals surface area contributed by atoms with E-state index in [9.17, 15) is 0 Å². The first-order valence-corrected chi connectivity index (χ1v) is 5.68. The maximum absolute atomic E-state index is 5.66. The summed E-state index contributed by atoms with van der Waals surface area (Å²) in [6.45, 7) is 1.84. The number of fused-ring (bicyclic) bond motifs is 1. The summed E-state index contributed by atoms with van der Waals surface area (Å²) < 4.78 is 6.72. The smallest absolute Gasteiger partial charge is 0.136 e. The van der Waals surface area contributed by atoms with Crippen molar-refractivity contribution >= 4 is 15.9 Å². The Balaban J connectivity index is 2.34. The number of nitrogens with one attached hydrogen (secondary N) is 1. The molecule has 1 aliphatic rings. The molecule has 0 aromatic heterocycles. The van der Waals surface area contributed by atoms with E-state index in [-0.39, 0.29) is 0 Å². The second-order valence-corrected chi connectivity index (χ2v) is 4.40. The van der Waals surface area contributed by atoms with Crippen LogP contribution >= 0.6 is 15.9 Å². The molecule has 0 bridgehead atoms. The number of benzene rings is 1. The fourth-order valence-electron chi connectivity index (χ4n) is 1.92. The Morgan fingerprint density at radius 1 is 1.57 bits per heavy atom.